The second kappa shape index (κ2) is 7.16. The molecule has 1 aliphatic heterocycles. The summed E-state index contributed by atoms with van der Waals surface area (Å²) >= 11 is 0. The molecule has 0 aliphatic carbocycles. The first-order valence-corrected chi connectivity index (χ1v) is 7.74. The van der Waals surface area contributed by atoms with E-state index in [1.807, 2.05) is 0 Å². The molecule has 3 amide bonds. The molecule has 1 saturated heterocycles. The van der Waals surface area contributed by atoms with Gasteiger partial charge in [-0.25, -0.2) is 14.5 Å². The molecule has 2 N–H and O–H groups in total. The number of furan rings is 1. The highest BCUT2D eigenvalue weighted by Crippen LogP contribution is 2.27. The lowest BCUT2D eigenvalue weighted by Gasteiger charge is -2.06. The molecule has 3 rings (SSSR count). The lowest BCUT2D eigenvalue weighted by molar-refractivity contribution is -0.140. The molecular weight excluding hydrogens is 356 g/mol. The molecule has 1 aromatic carbocycles. The van der Waals surface area contributed by atoms with Crippen molar-refractivity contribution in [2.75, 3.05) is 13.7 Å². The van der Waals surface area contributed by atoms with Gasteiger partial charge in [0.05, 0.1) is 12.7 Å². The van der Waals surface area contributed by atoms with Gasteiger partial charge < -0.3 is 19.6 Å². The first kappa shape index (κ1) is 17.9. The van der Waals surface area contributed by atoms with Crippen LogP contribution < -0.4 is 5.32 Å². The number of nitrogens with one attached hydrogen (secondary N) is 1. The molecule has 1 aromatic heterocycles. The quantitative estimate of drug-likeness (QED) is 0.466. The van der Waals surface area contributed by atoms with Crippen molar-refractivity contribution in [1.29, 1.82) is 0 Å². The number of esters is 1. The Balaban J connectivity index is 1.89. The van der Waals surface area contributed by atoms with Gasteiger partial charge in [-0.2, -0.15) is 0 Å². The standard InChI is InChI=1S/C18H14N2O7/c1-26-17(24)12-5-3-2-4-11(12)14-7-6-10(27-14)8-13-16(23)20(9-15(21)22)18(25)19-13/h2-8H,9H2,1H3,(H,19,25)(H,21,22)/b13-8+. The molecule has 1 fully saturated rings. The van der Waals surface area contributed by atoms with Crippen LogP contribution in [-0.2, 0) is 14.3 Å². The Morgan fingerprint density at radius 3 is 2.67 bits per heavy atom. The summed E-state index contributed by atoms with van der Waals surface area (Å²) in [4.78, 5) is 47.0. The average Bonchev–Trinajstić information content (AvgIpc) is 3.21. The number of methoxy groups -OCH3 is 1. The van der Waals surface area contributed by atoms with Crippen LogP contribution in [0.5, 0.6) is 0 Å². The Hall–Kier alpha value is -3.88. The fourth-order valence-electron chi connectivity index (χ4n) is 2.55. The fourth-order valence-corrected chi connectivity index (χ4v) is 2.55. The third-order valence-corrected chi connectivity index (χ3v) is 3.77. The second-order valence-electron chi connectivity index (χ2n) is 5.51. The zero-order chi connectivity index (χ0) is 19.6. The smallest absolute Gasteiger partial charge is 0.338 e. The number of carboxylic acid groups (broad SMARTS) is 1. The van der Waals surface area contributed by atoms with Gasteiger partial charge >= 0.3 is 18.0 Å². The van der Waals surface area contributed by atoms with Crippen LogP contribution in [0.2, 0.25) is 0 Å². The van der Waals surface area contributed by atoms with Gasteiger partial charge in [0, 0.05) is 11.6 Å². The monoisotopic (exact) mass is 370 g/mol. The lowest BCUT2D eigenvalue weighted by atomic mass is 10.1. The van der Waals surface area contributed by atoms with Crippen molar-refractivity contribution >= 4 is 30.0 Å². The van der Waals surface area contributed by atoms with Gasteiger partial charge in [-0.1, -0.05) is 18.2 Å². The molecule has 2 heterocycles. The van der Waals surface area contributed by atoms with Gasteiger partial charge in [0.2, 0.25) is 0 Å². The van der Waals surface area contributed by atoms with Crippen LogP contribution in [-0.4, -0.2) is 47.5 Å². The van der Waals surface area contributed by atoms with E-state index in [0.717, 1.165) is 0 Å². The SMILES string of the molecule is COC(=O)c1ccccc1-c1ccc(/C=C2/NC(=O)N(CC(=O)O)C2=O)o1. The molecule has 27 heavy (non-hydrogen) atoms. The van der Waals surface area contributed by atoms with Crippen LogP contribution in [0.15, 0.2) is 46.5 Å². The van der Waals surface area contributed by atoms with Gasteiger partial charge in [-0.3, -0.25) is 9.59 Å². The molecule has 9 nitrogen and oxygen atoms in total. The summed E-state index contributed by atoms with van der Waals surface area (Å²) < 4.78 is 10.4. The Morgan fingerprint density at radius 2 is 1.96 bits per heavy atom. The largest absolute Gasteiger partial charge is 0.480 e. The van der Waals surface area contributed by atoms with Crippen LogP contribution in [0.3, 0.4) is 0 Å². The number of aliphatic carboxylic acids is 1. The molecule has 1 aliphatic rings. The molecule has 0 saturated carbocycles. The number of carboxylic acids is 1. The zero-order valence-electron chi connectivity index (χ0n) is 14.1. The Morgan fingerprint density at radius 1 is 1.22 bits per heavy atom. The van der Waals surface area contributed by atoms with Crippen LogP contribution in [0, 0.1) is 0 Å². The molecule has 0 unspecified atom stereocenters. The fraction of sp³-hybridized carbons (Fsp3) is 0.111. The molecular formula is C18H14N2O7. The maximum absolute atomic E-state index is 12.1. The van der Waals surface area contributed by atoms with E-state index in [1.54, 1.807) is 36.4 Å². The Kier molecular flexibility index (Phi) is 4.75. The zero-order valence-corrected chi connectivity index (χ0v) is 14.1. The van der Waals surface area contributed by atoms with Crippen molar-refractivity contribution in [2.24, 2.45) is 0 Å². The first-order valence-electron chi connectivity index (χ1n) is 7.74. The van der Waals surface area contributed by atoms with Gasteiger partial charge in [0.15, 0.2) is 0 Å². The van der Waals surface area contributed by atoms with E-state index in [9.17, 15) is 19.2 Å². The number of carbonyl (C=O) groups is 4. The molecule has 9 heteroatoms. The highest BCUT2D eigenvalue weighted by Gasteiger charge is 2.35. The lowest BCUT2D eigenvalue weighted by Crippen LogP contribution is -2.35. The normalized spacial score (nSPS) is 15.1. The number of benzene rings is 1. The highest BCUT2D eigenvalue weighted by molar-refractivity contribution is 6.15. The second-order valence-corrected chi connectivity index (χ2v) is 5.51. The number of ether oxygens (including phenoxy) is 1. The predicted octanol–water partition coefficient (Wildman–Crippen LogP) is 1.71. The van der Waals surface area contributed by atoms with E-state index >= 15 is 0 Å². The molecule has 0 spiro atoms. The number of hydrogen-bond donors (Lipinski definition) is 2. The van der Waals surface area contributed by atoms with E-state index in [0.29, 0.717) is 21.8 Å². The minimum absolute atomic E-state index is 0.108. The van der Waals surface area contributed by atoms with Gasteiger partial charge in [0.25, 0.3) is 5.91 Å². The molecule has 0 radical (unpaired) electrons. The topological polar surface area (TPSA) is 126 Å². The van der Waals surface area contributed by atoms with E-state index < -0.39 is 30.4 Å². The summed E-state index contributed by atoms with van der Waals surface area (Å²) in [6.45, 7) is -0.738. The van der Waals surface area contributed by atoms with E-state index in [-0.39, 0.29) is 11.5 Å². The average molecular weight is 370 g/mol. The summed E-state index contributed by atoms with van der Waals surface area (Å²) in [6.07, 6.45) is 1.28. The molecule has 138 valence electrons. The number of rotatable bonds is 5. The van der Waals surface area contributed by atoms with Crippen LogP contribution in [0.25, 0.3) is 17.4 Å². The summed E-state index contributed by atoms with van der Waals surface area (Å²) in [7, 11) is 1.27. The molecule has 0 atom stereocenters. The third-order valence-electron chi connectivity index (χ3n) is 3.77. The number of urea groups is 1. The third kappa shape index (κ3) is 3.56. The summed E-state index contributed by atoms with van der Waals surface area (Å²) in [5, 5.41) is 11.1. The van der Waals surface area contributed by atoms with Crippen molar-refractivity contribution in [1.82, 2.24) is 10.2 Å². The van der Waals surface area contributed by atoms with Gasteiger partial charge in [0.1, 0.15) is 23.8 Å². The van der Waals surface area contributed by atoms with Crippen LogP contribution in [0.1, 0.15) is 16.1 Å². The number of hydrogen-bond acceptors (Lipinski definition) is 6. The number of carbonyl (C=O) groups excluding carboxylic acids is 3. The Bertz CT molecular complexity index is 974. The van der Waals surface area contributed by atoms with Crippen molar-refractivity contribution in [3.8, 4) is 11.3 Å². The van der Waals surface area contributed by atoms with Crippen molar-refractivity contribution in [3.63, 3.8) is 0 Å². The van der Waals surface area contributed by atoms with Crippen molar-refractivity contribution in [3.05, 3.63) is 53.4 Å². The number of amides is 3. The minimum atomic E-state index is -1.31. The van der Waals surface area contributed by atoms with Gasteiger partial charge in [-0.15, -0.1) is 0 Å². The summed E-state index contributed by atoms with van der Waals surface area (Å²) in [6, 6.07) is 9.01. The highest BCUT2D eigenvalue weighted by atomic mass is 16.5. The van der Waals surface area contributed by atoms with Crippen molar-refractivity contribution < 1.29 is 33.4 Å². The molecule has 2 aromatic rings. The number of nitrogens with zero attached hydrogens (tertiary/aromatic N) is 1. The Labute approximate surface area is 152 Å². The van der Waals surface area contributed by atoms with E-state index in [1.165, 1.54) is 13.2 Å². The summed E-state index contributed by atoms with van der Waals surface area (Å²) in [5.41, 5.74) is 0.707. The van der Waals surface area contributed by atoms with Crippen molar-refractivity contribution in [2.45, 2.75) is 0 Å². The van der Waals surface area contributed by atoms with Gasteiger partial charge in [-0.05, 0) is 18.2 Å². The number of imide groups is 1. The van der Waals surface area contributed by atoms with E-state index in [2.05, 4.69) is 5.32 Å². The van der Waals surface area contributed by atoms with Crippen LogP contribution >= 0.6 is 0 Å². The maximum atomic E-state index is 12.1. The summed E-state index contributed by atoms with van der Waals surface area (Å²) in [5.74, 6) is -1.99. The van der Waals surface area contributed by atoms with E-state index in [4.69, 9.17) is 14.3 Å². The maximum Gasteiger partial charge on any atom is 0.338 e. The predicted molar refractivity (Wildman–Crippen MR) is 91.3 cm³/mol. The molecule has 0 bridgehead atoms. The van der Waals surface area contributed by atoms with Crippen LogP contribution in [0.4, 0.5) is 4.79 Å². The minimum Gasteiger partial charge on any atom is -0.480 e. The first-order chi connectivity index (χ1) is 12.9.